The van der Waals surface area contributed by atoms with Gasteiger partial charge in [0.1, 0.15) is 10.7 Å². The number of hydrogen-bond acceptors (Lipinski definition) is 6. The zero-order valence-corrected chi connectivity index (χ0v) is 15.8. The van der Waals surface area contributed by atoms with Crippen LogP contribution < -0.4 is 5.32 Å². The Morgan fingerprint density at radius 2 is 1.86 bits per heavy atom. The van der Waals surface area contributed by atoms with E-state index in [1.165, 1.54) is 37.5 Å². The van der Waals surface area contributed by atoms with Gasteiger partial charge >= 0.3 is 11.9 Å². The summed E-state index contributed by atoms with van der Waals surface area (Å²) in [5.74, 6) is 0.925. The van der Waals surface area contributed by atoms with Gasteiger partial charge in [0.15, 0.2) is 6.10 Å². The van der Waals surface area contributed by atoms with Gasteiger partial charge in [0.2, 0.25) is 0 Å². The van der Waals surface area contributed by atoms with Crippen LogP contribution in [0.15, 0.2) is 22.6 Å². The van der Waals surface area contributed by atoms with E-state index in [0.717, 1.165) is 25.3 Å². The molecule has 1 atom stereocenters. The minimum Gasteiger partial charge on any atom is -0.449 e. The standard InChI is InChI=1S/C20H24N2O6/c1-12(27-18(23)5-3-16-2-4-17(28-16)22(25)26)19(24)21-20-9-13-6-14(10-20)8-15(7-13)11-20/h2-5,12-15H,6-11H2,1H3,(H,21,24). The van der Waals surface area contributed by atoms with Crippen LogP contribution in [0.1, 0.15) is 51.2 Å². The quantitative estimate of drug-likeness (QED) is 0.347. The Kier molecular flexibility index (Phi) is 4.72. The second-order valence-electron chi connectivity index (χ2n) is 8.53. The van der Waals surface area contributed by atoms with Gasteiger partial charge in [-0.05, 0) is 75.3 Å². The van der Waals surface area contributed by atoms with E-state index < -0.39 is 22.9 Å². The van der Waals surface area contributed by atoms with Gasteiger partial charge in [0.25, 0.3) is 5.91 Å². The van der Waals surface area contributed by atoms with Crippen molar-refractivity contribution in [1.29, 1.82) is 0 Å². The molecule has 0 radical (unpaired) electrons. The molecule has 28 heavy (non-hydrogen) atoms. The molecule has 1 heterocycles. The van der Waals surface area contributed by atoms with Crippen LogP contribution in [0, 0.1) is 27.9 Å². The van der Waals surface area contributed by atoms with Crippen molar-refractivity contribution in [2.45, 2.75) is 57.1 Å². The Balaban J connectivity index is 1.31. The fraction of sp³-hybridized carbons (Fsp3) is 0.600. The molecule has 1 amide bonds. The third-order valence-corrected chi connectivity index (χ3v) is 6.26. The molecule has 5 rings (SSSR count). The summed E-state index contributed by atoms with van der Waals surface area (Å²) in [7, 11) is 0. The number of furan rings is 1. The maximum Gasteiger partial charge on any atom is 0.433 e. The molecule has 1 N–H and O–H groups in total. The normalized spacial score (nSPS) is 31.7. The van der Waals surface area contributed by atoms with Gasteiger partial charge in [-0.2, -0.15) is 0 Å². The van der Waals surface area contributed by atoms with Crippen molar-refractivity contribution < 1.29 is 23.7 Å². The maximum absolute atomic E-state index is 12.6. The minimum absolute atomic E-state index is 0.130. The van der Waals surface area contributed by atoms with Gasteiger partial charge in [-0.1, -0.05) is 0 Å². The van der Waals surface area contributed by atoms with Crippen LogP contribution in [0.5, 0.6) is 0 Å². The number of nitrogens with one attached hydrogen (secondary N) is 1. The number of nitro groups is 1. The van der Waals surface area contributed by atoms with E-state index in [1.54, 1.807) is 6.92 Å². The summed E-state index contributed by atoms with van der Waals surface area (Å²) in [5.41, 5.74) is -0.130. The Bertz CT molecular complexity index is 791. The van der Waals surface area contributed by atoms with Gasteiger partial charge in [-0.25, -0.2) is 4.79 Å². The molecule has 8 nitrogen and oxygen atoms in total. The molecule has 150 valence electrons. The smallest absolute Gasteiger partial charge is 0.433 e. The van der Waals surface area contributed by atoms with E-state index in [-0.39, 0.29) is 17.2 Å². The number of ether oxygens (including phenoxy) is 1. The van der Waals surface area contributed by atoms with Crippen molar-refractivity contribution >= 4 is 23.8 Å². The second-order valence-corrected chi connectivity index (χ2v) is 8.53. The van der Waals surface area contributed by atoms with Crippen LogP contribution in [0.25, 0.3) is 6.08 Å². The number of rotatable bonds is 6. The van der Waals surface area contributed by atoms with Crippen molar-refractivity contribution in [1.82, 2.24) is 5.32 Å². The highest BCUT2D eigenvalue weighted by molar-refractivity contribution is 5.90. The van der Waals surface area contributed by atoms with Crippen LogP contribution in [0.2, 0.25) is 0 Å². The van der Waals surface area contributed by atoms with E-state index in [9.17, 15) is 19.7 Å². The Morgan fingerprint density at radius 3 is 2.39 bits per heavy atom. The first kappa shape index (κ1) is 18.7. The van der Waals surface area contributed by atoms with Crippen LogP contribution >= 0.6 is 0 Å². The lowest BCUT2D eigenvalue weighted by Gasteiger charge is -2.57. The van der Waals surface area contributed by atoms with Crippen molar-refractivity contribution in [2.24, 2.45) is 17.8 Å². The van der Waals surface area contributed by atoms with Crippen LogP contribution in [-0.2, 0) is 14.3 Å². The van der Waals surface area contributed by atoms with E-state index in [4.69, 9.17) is 9.15 Å². The number of carbonyl (C=O) groups is 2. The average Bonchev–Trinajstić information content (AvgIpc) is 3.07. The lowest BCUT2D eigenvalue weighted by molar-refractivity contribution is -0.402. The molecule has 4 aliphatic carbocycles. The third-order valence-electron chi connectivity index (χ3n) is 6.26. The van der Waals surface area contributed by atoms with Crippen molar-refractivity contribution in [3.63, 3.8) is 0 Å². The van der Waals surface area contributed by atoms with Gasteiger partial charge in [0, 0.05) is 11.6 Å². The Labute approximate surface area is 162 Å². The van der Waals surface area contributed by atoms with E-state index in [2.05, 4.69) is 5.32 Å². The number of carbonyl (C=O) groups excluding carboxylic acids is 2. The third kappa shape index (κ3) is 3.81. The zero-order valence-electron chi connectivity index (χ0n) is 15.8. The predicted molar refractivity (Wildman–Crippen MR) is 99.0 cm³/mol. The van der Waals surface area contributed by atoms with Gasteiger partial charge in [-0.15, -0.1) is 0 Å². The lowest BCUT2D eigenvalue weighted by atomic mass is 9.53. The Hall–Kier alpha value is -2.64. The van der Waals surface area contributed by atoms with E-state index in [0.29, 0.717) is 17.8 Å². The molecule has 0 aromatic carbocycles. The highest BCUT2D eigenvalue weighted by Crippen LogP contribution is 2.55. The number of esters is 1. The lowest BCUT2D eigenvalue weighted by Crippen LogP contribution is -2.61. The molecule has 0 aliphatic heterocycles. The fourth-order valence-electron chi connectivity index (χ4n) is 5.57. The van der Waals surface area contributed by atoms with Gasteiger partial charge in [0.05, 0.1) is 6.07 Å². The SMILES string of the molecule is CC(OC(=O)C=Cc1ccc([N+](=O)[O-])o1)C(=O)NC12CC3CC(CC(C3)C1)C2. The molecule has 4 fully saturated rings. The highest BCUT2D eigenvalue weighted by Gasteiger charge is 2.51. The number of hydrogen-bond donors (Lipinski definition) is 1. The summed E-state index contributed by atoms with van der Waals surface area (Å²) in [4.78, 5) is 34.5. The first-order chi connectivity index (χ1) is 13.3. The van der Waals surface area contributed by atoms with Crippen LogP contribution in [-0.4, -0.2) is 28.4 Å². The average molecular weight is 388 g/mol. The number of amides is 1. The molecular formula is C20H24N2O6. The summed E-state index contributed by atoms with van der Waals surface area (Å²) >= 11 is 0. The molecule has 4 aliphatic rings. The molecule has 8 heteroatoms. The van der Waals surface area contributed by atoms with E-state index in [1.807, 2.05) is 0 Å². The van der Waals surface area contributed by atoms with E-state index >= 15 is 0 Å². The van der Waals surface area contributed by atoms with Crippen LogP contribution in [0.3, 0.4) is 0 Å². The molecule has 4 saturated carbocycles. The summed E-state index contributed by atoms with van der Waals surface area (Å²) in [5, 5.41) is 13.8. The number of nitrogens with zero attached hydrogens (tertiary/aromatic N) is 1. The Morgan fingerprint density at radius 1 is 1.25 bits per heavy atom. The molecule has 1 aromatic rings. The van der Waals surface area contributed by atoms with Crippen LogP contribution in [0.4, 0.5) is 5.88 Å². The fourth-order valence-corrected chi connectivity index (χ4v) is 5.57. The summed E-state index contributed by atoms with van der Waals surface area (Å²) < 4.78 is 10.1. The van der Waals surface area contributed by atoms with Gasteiger partial charge in [-0.3, -0.25) is 14.9 Å². The monoisotopic (exact) mass is 388 g/mol. The molecule has 1 unspecified atom stereocenters. The van der Waals surface area contributed by atoms with Gasteiger partial charge < -0.3 is 14.5 Å². The first-order valence-electron chi connectivity index (χ1n) is 9.77. The maximum atomic E-state index is 12.6. The largest absolute Gasteiger partial charge is 0.449 e. The zero-order chi connectivity index (χ0) is 19.9. The summed E-state index contributed by atoms with van der Waals surface area (Å²) in [6.45, 7) is 1.55. The predicted octanol–water partition coefficient (Wildman–Crippen LogP) is 3.22. The van der Waals surface area contributed by atoms with Crippen molar-refractivity contribution in [3.05, 3.63) is 34.1 Å². The highest BCUT2D eigenvalue weighted by atomic mass is 16.6. The molecule has 0 spiro atoms. The minimum atomic E-state index is -0.906. The topological polar surface area (TPSA) is 112 Å². The molecule has 4 bridgehead atoms. The summed E-state index contributed by atoms with van der Waals surface area (Å²) in [6, 6.07) is 2.58. The second kappa shape index (κ2) is 7.07. The van der Waals surface area contributed by atoms with Crippen molar-refractivity contribution in [3.8, 4) is 0 Å². The molecule has 1 aromatic heterocycles. The molecular weight excluding hydrogens is 364 g/mol. The first-order valence-corrected chi connectivity index (χ1v) is 9.77. The summed E-state index contributed by atoms with van der Waals surface area (Å²) in [6.07, 6.45) is 8.42. The van der Waals surface area contributed by atoms with Crippen molar-refractivity contribution in [2.75, 3.05) is 0 Å². The molecule has 0 saturated heterocycles.